The topological polar surface area (TPSA) is 46.6 Å². The summed E-state index contributed by atoms with van der Waals surface area (Å²) in [6.07, 6.45) is 1.20. The highest BCUT2D eigenvalue weighted by atomic mass is 32.2. The predicted molar refractivity (Wildman–Crippen MR) is 63.5 cm³/mol. The maximum atomic E-state index is 11.6. The molecule has 0 N–H and O–H groups in total. The maximum Gasteiger partial charge on any atom is 0.177 e. The minimum atomic E-state index is -3.21. The van der Waals surface area contributed by atoms with E-state index in [0.29, 0.717) is 23.7 Å². The van der Waals surface area contributed by atoms with Crippen molar-refractivity contribution in [3.8, 4) is 0 Å². The van der Waals surface area contributed by atoms with Gasteiger partial charge in [0.25, 0.3) is 0 Å². The molecule has 0 saturated carbocycles. The van der Waals surface area contributed by atoms with Crippen LogP contribution < -0.4 is 4.90 Å². The maximum absolute atomic E-state index is 11.6. The molecule has 89 valence electrons. The molecule has 0 aliphatic carbocycles. The van der Waals surface area contributed by atoms with Crippen molar-refractivity contribution >= 4 is 15.5 Å². The van der Waals surface area contributed by atoms with Gasteiger partial charge in [0.15, 0.2) is 9.84 Å². The second-order valence-corrected chi connectivity index (χ2v) is 5.56. The van der Waals surface area contributed by atoms with Gasteiger partial charge >= 0.3 is 0 Å². The molecule has 4 nitrogen and oxygen atoms in total. The summed E-state index contributed by atoms with van der Waals surface area (Å²) in [5, 5.41) is 0. The summed E-state index contributed by atoms with van der Waals surface area (Å²) < 4.78 is 28.1. The van der Waals surface area contributed by atoms with E-state index in [1.165, 1.54) is 6.26 Å². The molecule has 0 aromatic heterocycles. The van der Waals surface area contributed by atoms with E-state index in [1.807, 2.05) is 11.9 Å². The number of hydrogen-bond acceptors (Lipinski definition) is 4. The van der Waals surface area contributed by atoms with E-state index >= 15 is 0 Å². The molecular formula is C11H16NO3S. The molecule has 5 heteroatoms. The van der Waals surface area contributed by atoms with E-state index in [1.54, 1.807) is 25.3 Å². The van der Waals surface area contributed by atoms with Crippen molar-refractivity contribution in [3.63, 3.8) is 0 Å². The first-order valence-electron chi connectivity index (χ1n) is 4.87. The van der Waals surface area contributed by atoms with Crippen molar-refractivity contribution < 1.29 is 13.2 Å². The predicted octanol–water partition coefficient (Wildman–Crippen LogP) is 0.973. The third kappa shape index (κ3) is 3.21. The molecule has 0 unspecified atom stereocenters. The monoisotopic (exact) mass is 242 g/mol. The van der Waals surface area contributed by atoms with Gasteiger partial charge in [-0.1, -0.05) is 6.07 Å². The normalized spacial score (nSPS) is 11.4. The van der Waals surface area contributed by atoms with E-state index in [4.69, 9.17) is 4.74 Å². The lowest BCUT2D eigenvalue weighted by Gasteiger charge is -2.21. The van der Waals surface area contributed by atoms with Gasteiger partial charge in [0, 0.05) is 27.0 Å². The van der Waals surface area contributed by atoms with Gasteiger partial charge in [-0.25, -0.2) is 8.42 Å². The number of rotatable bonds is 5. The largest absolute Gasteiger partial charge is 0.383 e. The first-order chi connectivity index (χ1) is 7.46. The van der Waals surface area contributed by atoms with E-state index in [9.17, 15) is 8.42 Å². The highest BCUT2D eigenvalue weighted by molar-refractivity contribution is 7.90. The molecule has 0 bridgehead atoms. The van der Waals surface area contributed by atoms with Crippen LogP contribution in [0, 0.1) is 6.07 Å². The fourth-order valence-corrected chi connectivity index (χ4v) is 2.28. The molecule has 0 aliphatic heterocycles. The fraction of sp³-hybridized carbons (Fsp3) is 0.455. The SMILES string of the molecule is COCCN(C)c1c[c]ccc1S(C)(=O)=O. The summed E-state index contributed by atoms with van der Waals surface area (Å²) in [6, 6.07) is 7.72. The van der Waals surface area contributed by atoms with Crippen LogP contribution in [0.4, 0.5) is 5.69 Å². The van der Waals surface area contributed by atoms with Crippen LogP contribution in [0.5, 0.6) is 0 Å². The number of nitrogens with zero attached hydrogens (tertiary/aromatic N) is 1. The molecule has 0 amide bonds. The summed E-state index contributed by atoms with van der Waals surface area (Å²) in [4.78, 5) is 2.17. The zero-order valence-corrected chi connectivity index (χ0v) is 10.5. The van der Waals surface area contributed by atoms with Crippen molar-refractivity contribution in [3.05, 3.63) is 24.3 Å². The highest BCUT2D eigenvalue weighted by Gasteiger charge is 2.14. The number of benzene rings is 1. The van der Waals surface area contributed by atoms with Crippen molar-refractivity contribution in [1.82, 2.24) is 0 Å². The molecule has 0 spiro atoms. The molecule has 1 aromatic rings. The van der Waals surface area contributed by atoms with Crippen LogP contribution in [0.25, 0.3) is 0 Å². The Bertz CT molecular complexity index is 442. The lowest BCUT2D eigenvalue weighted by molar-refractivity contribution is 0.206. The van der Waals surface area contributed by atoms with Crippen molar-refractivity contribution in [2.24, 2.45) is 0 Å². The number of ether oxygens (including phenoxy) is 1. The van der Waals surface area contributed by atoms with E-state index in [-0.39, 0.29) is 0 Å². The van der Waals surface area contributed by atoms with Crippen LogP contribution in [-0.4, -0.2) is 42.0 Å². The Balaban J connectivity index is 3.04. The first-order valence-corrected chi connectivity index (χ1v) is 6.76. The zero-order valence-electron chi connectivity index (χ0n) is 9.73. The molecule has 1 radical (unpaired) electrons. The minimum absolute atomic E-state index is 0.324. The molecule has 0 heterocycles. The summed E-state index contributed by atoms with van der Waals surface area (Å²) in [5.74, 6) is 0. The van der Waals surface area contributed by atoms with Gasteiger partial charge in [-0.3, -0.25) is 0 Å². The Morgan fingerprint density at radius 2 is 2.19 bits per heavy atom. The molecular weight excluding hydrogens is 226 g/mol. The number of anilines is 1. The highest BCUT2D eigenvalue weighted by Crippen LogP contribution is 2.23. The third-order valence-electron chi connectivity index (χ3n) is 2.24. The Kier molecular flexibility index (Phi) is 4.32. The molecule has 1 aromatic carbocycles. The standard InChI is InChI=1S/C11H16NO3S/c1-12(8-9-15-2)10-6-4-5-7-11(10)16(3,13)14/h5-7H,8-9H2,1-3H3. The van der Waals surface area contributed by atoms with E-state index in [0.717, 1.165) is 0 Å². The number of sulfone groups is 1. The molecule has 16 heavy (non-hydrogen) atoms. The van der Waals surface area contributed by atoms with Crippen LogP contribution in [0.15, 0.2) is 23.1 Å². The molecule has 1 rings (SSSR count). The minimum Gasteiger partial charge on any atom is -0.383 e. The van der Waals surface area contributed by atoms with Crippen LogP contribution in [-0.2, 0) is 14.6 Å². The Morgan fingerprint density at radius 3 is 2.75 bits per heavy atom. The first kappa shape index (κ1) is 13.0. The second kappa shape index (κ2) is 5.32. The molecule has 0 aliphatic rings. The van der Waals surface area contributed by atoms with Gasteiger partial charge in [0.2, 0.25) is 0 Å². The van der Waals surface area contributed by atoms with Crippen molar-refractivity contribution in [1.29, 1.82) is 0 Å². The van der Waals surface area contributed by atoms with Gasteiger partial charge in [-0.2, -0.15) is 0 Å². The lowest BCUT2D eigenvalue weighted by Crippen LogP contribution is -2.23. The smallest absolute Gasteiger partial charge is 0.177 e. The van der Waals surface area contributed by atoms with E-state index in [2.05, 4.69) is 6.07 Å². The molecule has 0 atom stereocenters. The van der Waals surface area contributed by atoms with Gasteiger partial charge < -0.3 is 9.64 Å². The van der Waals surface area contributed by atoms with Crippen LogP contribution >= 0.6 is 0 Å². The quantitative estimate of drug-likeness (QED) is 0.772. The average molecular weight is 242 g/mol. The molecule has 0 fully saturated rings. The zero-order chi connectivity index (χ0) is 12.2. The number of likely N-dealkylation sites (N-methyl/N-ethyl adjacent to an activating group) is 1. The van der Waals surface area contributed by atoms with Crippen molar-refractivity contribution in [2.45, 2.75) is 4.90 Å². The van der Waals surface area contributed by atoms with Gasteiger partial charge in [0.1, 0.15) is 0 Å². The van der Waals surface area contributed by atoms with Crippen molar-refractivity contribution in [2.75, 3.05) is 38.5 Å². The molecule has 0 saturated heterocycles. The lowest BCUT2D eigenvalue weighted by atomic mass is 10.3. The Hall–Kier alpha value is -1.07. The summed E-state index contributed by atoms with van der Waals surface area (Å²) in [5.41, 5.74) is 0.655. The van der Waals surface area contributed by atoms with Crippen LogP contribution in [0.2, 0.25) is 0 Å². The van der Waals surface area contributed by atoms with Gasteiger partial charge in [-0.05, 0) is 18.2 Å². The number of methoxy groups -OCH3 is 1. The van der Waals surface area contributed by atoms with Crippen LogP contribution in [0.3, 0.4) is 0 Å². The Morgan fingerprint density at radius 1 is 1.50 bits per heavy atom. The van der Waals surface area contributed by atoms with Gasteiger partial charge in [0.05, 0.1) is 17.2 Å². The van der Waals surface area contributed by atoms with Gasteiger partial charge in [-0.15, -0.1) is 0 Å². The van der Waals surface area contributed by atoms with E-state index < -0.39 is 9.84 Å². The van der Waals surface area contributed by atoms with Crippen LogP contribution in [0.1, 0.15) is 0 Å². The Labute approximate surface area is 96.8 Å². The summed E-state index contributed by atoms with van der Waals surface area (Å²) in [7, 11) is 0.238. The third-order valence-corrected chi connectivity index (χ3v) is 3.39. The fourth-order valence-electron chi connectivity index (χ4n) is 1.37. The summed E-state index contributed by atoms with van der Waals surface area (Å²) in [6.45, 7) is 1.19. The second-order valence-electron chi connectivity index (χ2n) is 3.58. The average Bonchev–Trinajstić information content (AvgIpc) is 2.24. The number of hydrogen-bond donors (Lipinski definition) is 0. The summed E-state index contributed by atoms with van der Waals surface area (Å²) >= 11 is 0.